The maximum Gasteiger partial charge on any atom is 0.316 e. The van der Waals surface area contributed by atoms with Crippen LogP contribution in [0.4, 0.5) is 5.69 Å². The molecule has 11 heteroatoms. The zero-order valence-electron chi connectivity index (χ0n) is 20.8. The van der Waals surface area contributed by atoms with E-state index in [1.54, 1.807) is 53.7 Å². The summed E-state index contributed by atoms with van der Waals surface area (Å²) < 4.78 is 34.1. The van der Waals surface area contributed by atoms with Gasteiger partial charge in [0.15, 0.2) is 0 Å². The number of rotatable bonds is 8. The van der Waals surface area contributed by atoms with Gasteiger partial charge in [0.05, 0.1) is 18.6 Å². The van der Waals surface area contributed by atoms with E-state index in [1.165, 1.54) is 19.2 Å². The fourth-order valence-electron chi connectivity index (χ4n) is 4.54. The molecule has 0 bridgehead atoms. The number of halogens is 2. The van der Waals surface area contributed by atoms with Gasteiger partial charge in [-0.25, -0.2) is 23.1 Å². The van der Waals surface area contributed by atoms with Crippen molar-refractivity contribution in [3.63, 3.8) is 0 Å². The third-order valence-corrected chi connectivity index (χ3v) is 8.38. The molecule has 0 saturated carbocycles. The van der Waals surface area contributed by atoms with Crippen molar-refractivity contribution in [2.45, 2.75) is 30.3 Å². The summed E-state index contributed by atoms with van der Waals surface area (Å²) in [4.78, 5) is 23.7. The lowest BCUT2D eigenvalue weighted by atomic mass is 10.1. The van der Waals surface area contributed by atoms with Crippen LogP contribution in [-0.2, 0) is 23.0 Å². The number of benzene rings is 3. The molecule has 1 atom stereocenters. The van der Waals surface area contributed by atoms with Crippen LogP contribution >= 0.6 is 23.2 Å². The summed E-state index contributed by atoms with van der Waals surface area (Å²) in [5, 5.41) is 0.780. The predicted molar refractivity (Wildman–Crippen MR) is 150 cm³/mol. The molecule has 1 heterocycles. The normalized spacial score (nSPS) is 14.6. The number of ether oxygens (including phenoxy) is 1. The summed E-state index contributed by atoms with van der Waals surface area (Å²) in [5.74, 6) is -0.276. The Bertz CT molecular complexity index is 1630. The molecule has 39 heavy (non-hydrogen) atoms. The highest BCUT2D eigenvalue weighted by molar-refractivity contribution is 7.89. The van der Waals surface area contributed by atoms with Crippen LogP contribution in [0.5, 0.6) is 6.01 Å². The molecular weight excluding hydrogens is 559 g/mol. The Hall–Kier alpha value is -3.50. The molecule has 200 valence electrons. The maximum atomic E-state index is 13.7. The molecule has 1 amide bonds. The van der Waals surface area contributed by atoms with E-state index in [0.717, 1.165) is 11.1 Å². The van der Waals surface area contributed by atoms with Gasteiger partial charge >= 0.3 is 6.01 Å². The fraction of sp³-hybridized carbons (Fsp3) is 0.179. The van der Waals surface area contributed by atoms with Gasteiger partial charge in [0, 0.05) is 45.3 Å². The van der Waals surface area contributed by atoms with E-state index < -0.39 is 16.1 Å². The maximum absolute atomic E-state index is 13.7. The van der Waals surface area contributed by atoms with Crippen molar-refractivity contribution in [1.29, 1.82) is 0 Å². The molecular formula is C28H24Cl2N4O4S. The molecule has 8 nitrogen and oxygen atoms in total. The Morgan fingerprint density at radius 1 is 1.03 bits per heavy atom. The van der Waals surface area contributed by atoms with Gasteiger partial charge in [-0.2, -0.15) is 0 Å². The van der Waals surface area contributed by atoms with E-state index in [-0.39, 0.29) is 23.4 Å². The van der Waals surface area contributed by atoms with Gasteiger partial charge in [-0.3, -0.25) is 4.79 Å². The number of aromatic nitrogens is 2. The largest absolute Gasteiger partial charge is 0.467 e. The van der Waals surface area contributed by atoms with Crippen LogP contribution in [0.25, 0.3) is 0 Å². The number of aryl methyl sites for hydroxylation is 1. The van der Waals surface area contributed by atoms with Gasteiger partial charge in [0.2, 0.25) is 10.0 Å². The minimum absolute atomic E-state index is 0.0943. The van der Waals surface area contributed by atoms with Crippen LogP contribution in [0, 0.1) is 0 Å². The number of methoxy groups -OCH3 is 1. The van der Waals surface area contributed by atoms with E-state index in [1.807, 2.05) is 18.2 Å². The quantitative estimate of drug-likeness (QED) is 0.290. The number of amides is 1. The minimum Gasteiger partial charge on any atom is -0.467 e. The fourth-order valence-corrected chi connectivity index (χ4v) is 6.28. The number of carbonyl (C=O) groups excluding carboxylic acids is 1. The second-order valence-corrected chi connectivity index (χ2v) is 11.6. The Morgan fingerprint density at radius 2 is 1.74 bits per heavy atom. The van der Waals surface area contributed by atoms with Crippen molar-refractivity contribution < 1.29 is 17.9 Å². The molecule has 0 spiro atoms. The summed E-state index contributed by atoms with van der Waals surface area (Å²) >= 11 is 12.2. The van der Waals surface area contributed by atoms with E-state index in [2.05, 4.69) is 14.7 Å². The SMILES string of the molecule is COc1ncc(CN(C(=O)c2cccc(Cl)c2)c2ccc3c(c2)C(NS(=O)(=O)c2cccc(Cl)c2)CC3)cn1. The third kappa shape index (κ3) is 6.07. The first-order valence-corrected chi connectivity index (χ1v) is 14.3. The number of hydrogen-bond donors (Lipinski definition) is 1. The van der Waals surface area contributed by atoms with Crippen LogP contribution in [0.15, 0.2) is 84.0 Å². The van der Waals surface area contributed by atoms with Crippen LogP contribution in [-0.4, -0.2) is 31.4 Å². The van der Waals surface area contributed by atoms with Crippen molar-refractivity contribution in [3.8, 4) is 6.01 Å². The van der Waals surface area contributed by atoms with Crippen molar-refractivity contribution >= 4 is 44.8 Å². The Morgan fingerprint density at radius 3 is 2.44 bits per heavy atom. The molecule has 0 aliphatic heterocycles. The molecule has 0 radical (unpaired) electrons. The zero-order chi connectivity index (χ0) is 27.6. The number of hydrogen-bond acceptors (Lipinski definition) is 6. The van der Waals surface area contributed by atoms with E-state index in [4.69, 9.17) is 27.9 Å². The van der Waals surface area contributed by atoms with Crippen molar-refractivity contribution in [2.24, 2.45) is 0 Å². The molecule has 4 aromatic rings. The zero-order valence-corrected chi connectivity index (χ0v) is 23.2. The highest BCUT2D eigenvalue weighted by atomic mass is 35.5. The standard InChI is InChI=1S/C28H24Cl2N4O4S/c1-38-28-31-15-18(16-32-28)17-34(27(35)20-4-2-5-21(29)12-20)23-10-8-19-9-11-26(25(19)14-23)33-39(36,37)24-7-3-6-22(30)13-24/h2-8,10,12-16,26,33H,9,11,17H2,1H3. The highest BCUT2D eigenvalue weighted by Gasteiger charge is 2.29. The van der Waals surface area contributed by atoms with Crippen LogP contribution < -0.4 is 14.4 Å². The second-order valence-electron chi connectivity index (χ2n) is 9.03. The lowest BCUT2D eigenvalue weighted by Gasteiger charge is -2.25. The molecule has 1 unspecified atom stereocenters. The van der Waals surface area contributed by atoms with E-state index in [0.29, 0.717) is 39.7 Å². The molecule has 1 N–H and O–H groups in total. The molecule has 0 fully saturated rings. The van der Waals surface area contributed by atoms with E-state index >= 15 is 0 Å². The van der Waals surface area contributed by atoms with Gasteiger partial charge in [0.1, 0.15) is 0 Å². The molecule has 1 aliphatic carbocycles. The summed E-state index contributed by atoms with van der Waals surface area (Å²) in [6.07, 6.45) is 4.48. The van der Waals surface area contributed by atoms with Crippen molar-refractivity contribution in [2.75, 3.05) is 12.0 Å². The van der Waals surface area contributed by atoms with Gasteiger partial charge in [0.25, 0.3) is 5.91 Å². The van der Waals surface area contributed by atoms with Crippen LogP contribution in [0.3, 0.4) is 0 Å². The van der Waals surface area contributed by atoms with Crippen LogP contribution in [0.1, 0.15) is 39.5 Å². The number of anilines is 1. The Balaban J connectivity index is 1.49. The van der Waals surface area contributed by atoms with Gasteiger partial charge in [-0.15, -0.1) is 0 Å². The monoisotopic (exact) mass is 582 g/mol. The molecule has 1 aliphatic rings. The summed E-state index contributed by atoms with van der Waals surface area (Å²) in [6, 6.07) is 18.3. The average molecular weight is 583 g/mol. The first-order valence-electron chi connectivity index (χ1n) is 12.1. The third-order valence-electron chi connectivity index (χ3n) is 6.44. The van der Waals surface area contributed by atoms with Crippen LogP contribution in [0.2, 0.25) is 10.0 Å². The smallest absolute Gasteiger partial charge is 0.316 e. The second kappa shape index (κ2) is 11.3. The first-order chi connectivity index (χ1) is 18.7. The topological polar surface area (TPSA) is 101 Å². The molecule has 0 saturated heterocycles. The lowest BCUT2D eigenvalue weighted by molar-refractivity contribution is 0.0985. The summed E-state index contributed by atoms with van der Waals surface area (Å²) in [5.41, 5.74) is 3.53. The lowest BCUT2D eigenvalue weighted by Crippen LogP contribution is -2.31. The number of carbonyl (C=O) groups is 1. The Labute approximate surface area is 236 Å². The summed E-state index contributed by atoms with van der Waals surface area (Å²) in [7, 11) is -2.34. The molecule has 1 aromatic heterocycles. The number of nitrogens with zero attached hydrogens (tertiary/aromatic N) is 3. The van der Waals surface area contributed by atoms with Gasteiger partial charge < -0.3 is 9.64 Å². The molecule has 3 aromatic carbocycles. The number of fused-ring (bicyclic) bond motifs is 1. The Kier molecular flexibility index (Phi) is 7.86. The van der Waals surface area contributed by atoms with Crippen molar-refractivity contribution in [3.05, 3.63) is 111 Å². The van der Waals surface area contributed by atoms with Gasteiger partial charge in [-0.05, 0) is 72.5 Å². The van der Waals surface area contributed by atoms with Gasteiger partial charge in [-0.1, -0.05) is 41.4 Å². The predicted octanol–water partition coefficient (Wildman–Crippen LogP) is 5.60. The molecule has 5 rings (SSSR count). The minimum atomic E-state index is -3.82. The average Bonchev–Trinajstić information content (AvgIpc) is 3.33. The number of sulfonamides is 1. The van der Waals surface area contributed by atoms with Crippen molar-refractivity contribution in [1.82, 2.24) is 14.7 Å². The number of nitrogens with one attached hydrogen (secondary N) is 1. The first kappa shape index (κ1) is 27.1. The highest BCUT2D eigenvalue weighted by Crippen LogP contribution is 2.36. The summed E-state index contributed by atoms with van der Waals surface area (Å²) in [6.45, 7) is 0.174. The van der Waals surface area contributed by atoms with E-state index in [9.17, 15) is 13.2 Å².